The number of nitrogens with one attached hydrogen (secondary N) is 1. The third kappa shape index (κ3) is 5.13. The van der Waals surface area contributed by atoms with Crippen LogP contribution in [0.4, 0.5) is 5.69 Å². The van der Waals surface area contributed by atoms with E-state index < -0.39 is 0 Å². The Morgan fingerprint density at radius 1 is 0.939 bits per heavy atom. The summed E-state index contributed by atoms with van der Waals surface area (Å²) in [6.07, 6.45) is 3.11. The molecule has 6 heteroatoms. The van der Waals surface area contributed by atoms with Crippen LogP contribution in [-0.2, 0) is 18.4 Å². The Hall–Kier alpha value is -4.32. The third-order valence-corrected chi connectivity index (χ3v) is 5.36. The summed E-state index contributed by atoms with van der Waals surface area (Å²) in [5, 5.41) is 2.72. The Morgan fingerprint density at radius 2 is 1.58 bits per heavy atom. The summed E-state index contributed by atoms with van der Waals surface area (Å²) in [5.41, 5.74) is 3.34. The molecule has 0 radical (unpaired) electrons. The number of rotatable bonds is 7. The minimum atomic E-state index is -0.370. The molecule has 1 heterocycles. The van der Waals surface area contributed by atoms with E-state index >= 15 is 0 Å². The van der Waals surface area contributed by atoms with Gasteiger partial charge < -0.3 is 10.1 Å². The number of hydrogen-bond donors (Lipinski definition) is 1. The van der Waals surface area contributed by atoms with Crippen molar-refractivity contribution in [3.8, 4) is 11.4 Å². The Bertz CT molecular complexity index is 1320. The fourth-order valence-electron chi connectivity index (χ4n) is 3.47. The number of ether oxygens (including phenoxy) is 1. The van der Waals surface area contributed by atoms with E-state index in [1.165, 1.54) is 10.8 Å². The van der Waals surface area contributed by atoms with E-state index in [0.717, 1.165) is 22.6 Å². The van der Waals surface area contributed by atoms with Crippen LogP contribution >= 0.6 is 0 Å². The van der Waals surface area contributed by atoms with E-state index in [1.54, 1.807) is 24.7 Å². The molecule has 1 aromatic heterocycles. The lowest BCUT2D eigenvalue weighted by Gasteiger charge is -2.07. The first kappa shape index (κ1) is 21.9. The van der Waals surface area contributed by atoms with Crippen LogP contribution in [0.3, 0.4) is 0 Å². The van der Waals surface area contributed by atoms with Gasteiger partial charge in [-0.2, -0.15) is 0 Å². The topological polar surface area (TPSA) is 65.3 Å². The molecular weight excluding hydrogens is 414 g/mol. The lowest BCUT2D eigenvalue weighted by Crippen LogP contribution is -2.22. The SMILES string of the molecule is Cc1c(NC(=O)/C=C/c2ccc(OCc3ccccc3)cc2)c(=O)n(-c2ccccc2)n1C. The summed E-state index contributed by atoms with van der Waals surface area (Å²) in [6, 6.07) is 26.7. The Kier molecular flexibility index (Phi) is 6.55. The predicted molar refractivity (Wildman–Crippen MR) is 131 cm³/mol. The van der Waals surface area contributed by atoms with Crippen LogP contribution in [0.1, 0.15) is 16.8 Å². The van der Waals surface area contributed by atoms with E-state index in [-0.39, 0.29) is 17.2 Å². The highest BCUT2D eigenvalue weighted by Crippen LogP contribution is 2.16. The third-order valence-electron chi connectivity index (χ3n) is 5.36. The van der Waals surface area contributed by atoms with Crippen LogP contribution in [-0.4, -0.2) is 15.3 Å². The number of carbonyl (C=O) groups is 1. The van der Waals surface area contributed by atoms with Crippen LogP contribution in [0, 0.1) is 6.92 Å². The number of carbonyl (C=O) groups excluding carboxylic acids is 1. The fraction of sp³-hybridized carbons (Fsp3) is 0.111. The van der Waals surface area contributed by atoms with Crippen molar-refractivity contribution in [2.45, 2.75) is 13.5 Å². The van der Waals surface area contributed by atoms with Crippen molar-refractivity contribution < 1.29 is 9.53 Å². The summed E-state index contributed by atoms with van der Waals surface area (Å²) in [4.78, 5) is 25.4. The monoisotopic (exact) mass is 439 g/mol. The van der Waals surface area contributed by atoms with Crippen LogP contribution < -0.4 is 15.6 Å². The van der Waals surface area contributed by atoms with Gasteiger partial charge in [-0.3, -0.25) is 14.3 Å². The zero-order valence-electron chi connectivity index (χ0n) is 18.6. The number of anilines is 1. The normalized spacial score (nSPS) is 11.0. The molecule has 33 heavy (non-hydrogen) atoms. The second-order valence-corrected chi connectivity index (χ2v) is 7.60. The average molecular weight is 440 g/mol. The maximum absolute atomic E-state index is 12.9. The quantitative estimate of drug-likeness (QED) is 0.424. The maximum atomic E-state index is 12.9. The highest BCUT2D eigenvalue weighted by Gasteiger charge is 2.17. The van der Waals surface area contributed by atoms with Crippen molar-refractivity contribution in [2.24, 2.45) is 7.05 Å². The molecule has 0 atom stereocenters. The van der Waals surface area contributed by atoms with E-state index in [0.29, 0.717) is 12.3 Å². The molecule has 0 bridgehead atoms. The summed E-state index contributed by atoms with van der Waals surface area (Å²) in [5.74, 6) is 0.382. The van der Waals surface area contributed by atoms with Gasteiger partial charge >= 0.3 is 0 Å². The van der Waals surface area contributed by atoms with Gasteiger partial charge in [0.2, 0.25) is 5.91 Å². The zero-order chi connectivity index (χ0) is 23.2. The molecule has 0 aliphatic heterocycles. The van der Waals surface area contributed by atoms with Gasteiger partial charge in [-0.1, -0.05) is 60.7 Å². The average Bonchev–Trinajstić information content (AvgIpc) is 3.06. The van der Waals surface area contributed by atoms with Crippen LogP contribution in [0.5, 0.6) is 5.75 Å². The van der Waals surface area contributed by atoms with Gasteiger partial charge in [0, 0.05) is 13.1 Å². The first-order chi connectivity index (χ1) is 16.0. The van der Waals surface area contributed by atoms with Gasteiger partial charge in [0.15, 0.2) is 0 Å². The fourth-order valence-corrected chi connectivity index (χ4v) is 3.47. The second-order valence-electron chi connectivity index (χ2n) is 7.60. The first-order valence-corrected chi connectivity index (χ1v) is 10.6. The standard InChI is InChI=1S/C27H25N3O3/c1-20-26(27(32)30(29(20)2)23-11-7-4-8-12-23)28-25(31)18-15-21-13-16-24(17-14-21)33-19-22-9-5-3-6-10-22/h3-18H,19H2,1-2H3,(H,28,31)/b18-15+. The molecule has 6 nitrogen and oxygen atoms in total. The molecule has 0 fully saturated rings. The van der Waals surface area contributed by atoms with Crippen LogP contribution in [0.2, 0.25) is 0 Å². The summed E-state index contributed by atoms with van der Waals surface area (Å²) in [7, 11) is 1.79. The van der Waals surface area contributed by atoms with Crippen LogP contribution in [0.25, 0.3) is 11.8 Å². The molecule has 0 saturated heterocycles. The molecule has 1 amide bonds. The van der Waals surface area contributed by atoms with Gasteiger partial charge in [0.1, 0.15) is 18.0 Å². The summed E-state index contributed by atoms with van der Waals surface area (Å²) >= 11 is 0. The highest BCUT2D eigenvalue weighted by atomic mass is 16.5. The Balaban J connectivity index is 1.41. The molecule has 166 valence electrons. The van der Waals surface area contributed by atoms with Crippen molar-refractivity contribution in [1.82, 2.24) is 9.36 Å². The van der Waals surface area contributed by atoms with Crippen LogP contribution in [0.15, 0.2) is 95.8 Å². The van der Waals surface area contributed by atoms with Gasteiger partial charge in [-0.05, 0) is 48.4 Å². The van der Waals surface area contributed by atoms with Gasteiger partial charge in [-0.15, -0.1) is 0 Å². The van der Waals surface area contributed by atoms with Gasteiger partial charge in [0.05, 0.1) is 11.4 Å². The molecular formula is C27H25N3O3. The lowest BCUT2D eigenvalue weighted by molar-refractivity contribution is -0.111. The number of hydrogen-bond acceptors (Lipinski definition) is 3. The molecule has 0 aliphatic carbocycles. The molecule has 0 unspecified atom stereocenters. The zero-order valence-corrected chi connectivity index (χ0v) is 18.6. The number of amides is 1. The summed E-state index contributed by atoms with van der Waals surface area (Å²) < 4.78 is 9.04. The number of aromatic nitrogens is 2. The van der Waals surface area contributed by atoms with Crippen molar-refractivity contribution >= 4 is 17.7 Å². The van der Waals surface area contributed by atoms with Gasteiger partial charge in [-0.25, -0.2) is 4.68 Å². The van der Waals surface area contributed by atoms with E-state index in [1.807, 2.05) is 84.9 Å². The second kappa shape index (κ2) is 9.87. The number of benzene rings is 3. The molecule has 0 saturated carbocycles. The molecule has 0 aliphatic rings. The van der Waals surface area contributed by atoms with Gasteiger partial charge in [0.25, 0.3) is 5.56 Å². The van der Waals surface area contributed by atoms with Crippen molar-refractivity contribution in [3.63, 3.8) is 0 Å². The minimum absolute atomic E-state index is 0.265. The van der Waals surface area contributed by atoms with Crippen molar-refractivity contribution in [3.05, 3.63) is 118 Å². The smallest absolute Gasteiger partial charge is 0.295 e. The van der Waals surface area contributed by atoms with E-state index in [9.17, 15) is 9.59 Å². The highest BCUT2D eigenvalue weighted by molar-refractivity contribution is 6.02. The maximum Gasteiger partial charge on any atom is 0.295 e. The molecule has 0 spiro atoms. The minimum Gasteiger partial charge on any atom is -0.489 e. The summed E-state index contributed by atoms with van der Waals surface area (Å²) in [6.45, 7) is 2.30. The predicted octanol–water partition coefficient (Wildman–Crippen LogP) is 4.72. The molecule has 4 rings (SSSR count). The number of nitrogens with zero attached hydrogens (tertiary/aromatic N) is 2. The van der Waals surface area contributed by atoms with E-state index in [2.05, 4.69) is 5.32 Å². The molecule has 4 aromatic rings. The van der Waals surface area contributed by atoms with Crippen molar-refractivity contribution in [2.75, 3.05) is 5.32 Å². The number of para-hydroxylation sites is 1. The molecule has 1 N–H and O–H groups in total. The Morgan fingerprint density at radius 3 is 2.24 bits per heavy atom. The Labute approximate surface area is 192 Å². The molecule has 3 aromatic carbocycles. The first-order valence-electron chi connectivity index (χ1n) is 10.6. The van der Waals surface area contributed by atoms with E-state index in [4.69, 9.17) is 4.74 Å². The lowest BCUT2D eigenvalue weighted by atomic mass is 10.2. The largest absolute Gasteiger partial charge is 0.489 e. The van der Waals surface area contributed by atoms with Crippen molar-refractivity contribution in [1.29, 1.82) is 0 Å².